The highest BCUT2D eigenvalue weighted by molar-refractivity contribution is 5.98. The Hall–Kier alpha value is -2.31. The highest BCUT2D eigenvalue weighted by atomic mass is 16.1. The standard InChI is InChI=1S/C13H19N5O2/c1-7-2-3-8(11(15)19)6-18(7)13-10(12(16)20)4-9(14)5-17-13/h4-5,7-8H,2-3,6,14H2,1H3,(H2,15,19)(H2,16,20). The van der Waals surface area contributed by atoms with Crippen LogP contribution in [0.15, 0.2) is 12.3 Å². The van der Waals surface area contributed by atoms with Crippen molar-refractivity contribution in [1.29, 1.82) is 0 Å². The first-order valence-electron chi connectivity index (χ1n) is 6.51. The maximum Gasteiger partial charge on any atom is 0.252 e. The van der Waals surface area contributed by atoms with Crippen LogP contribution in [-0.4, -0.2) is 29.4 Å². The van der Waals surface area contributed by atoms with Gasteiger partial charge in [-0.25, -0.2) is 4.98 Å². The number of piperidine rings is 1. The lowest BCUT2D eigenvalue weighted by Crippen LogP contribution is -2.47. The Morgan fingerprint density at radius 2 is 2.05 bits per heavy atom. The van der Waals surface area contributed by atoms with Crippen LogP contribution in [-0.2, 0) is 4.79 Å². The molecule has 6 N–H and O–H groups in total. The van der Waals surface area contributed by atoms with Gasteiger partial charge in [0, 0.05) is 12.6 Å². The van der Waals surface area contributed by atoms with Crippen LogP contribution in [0.5, 0.6) is 0 Å². The summed E-state index contributed by atoms with van der Waals surface area (Å²) in [4.78, 5) is 29.0. The van der Waals surface area contributed by atoms with Crippen molar-refractivity contribution >= 4 is 23.3 Å². The molecule has 7 nitrogen and oxygen atoms in total. The summed E-state index contributed by atoms with van der Waals surface area (Å²) >= 11 is 0. The van der Waals surface area contributed by atoms with Crippen LogP contribution < -0.4 is 22.1 Å². The zero-order valence-corrected chi connectivity index (χ0v) is 11.4. The van der Waals surface area contributed by atoms with Gasteiger partial charge in [-0.1, -0.05) is 0 Å². The van der Waals surface area contributed by atoms with E-state index in [1.54, 1.807) is 0 Å². The Kier molecular flexibility index (Phi) is 3.78. The maximum absolute atomic E-state index is 11.5. The molecule has 2 rings (SSSR count). The van der Waals surface area contributed by atoms with E-state index in [4.69, 9.17) is 17.2 Å². The zero-order valence-electron chi connectivity index (χ0n) is 11.4. The van der Waals surface area contributed by atoms with E-state index in [1.165, 1.54) is 12.3 Å². The van der Waals surface area contributed by atoms with Gasteiger partial charge in [-0.15, -0.1) is 0 Å². The molecule has 1 saturated heterocycles. The summed E-state index contributed by atoms with van der Waals surface area (Å²) in [6.07, 6.45) is 3.02. The minimum Gasteiger partial charge on any atom is -0.397 e. The summed E-state index contributed by atoms with van der Waals surface area (Å²) in [5, 5.41) is 0. The average Bonchev–Trinajstić information content (AvgIpc) is 2.39. The van der Waals surface area contributed by atoms with Gasteiger partial charge in [-0.05, 0) is 25.8 Å². The van der Waals surface area contributed by atoms with Gasteiger partial charge in [0.1, 0.15) is 5.82 Å². The molecule has 0 aromatic carbocycles. The summed E-state index contributed by atoms with van der Waals surface area (Å²) in [6, 6.07) is 1.66. The van der Waals surface area contributed by atoms with Crippen molar-refractivity contribution in [3.05, 3.63) is 17.8 Å². The quantitative estimate of drug-likeness (QED) is 0.708. The highest BCUT2D eigenvalue weighted by Gasteiger charge is 2.31. The van der Waals surface area contributed by atoms with Crippen LogP contribution >= 0.6 is 0 Å². The number of hydrogen-bond acceptors (Lipinski definition) is 5. The minimum absolute atomic E-state index is 0.153. The number of nitrogens with zero attached hydrogens (tertiary/aromatic N) is 2. The Balaban J connectivity index is 2.38. The molecule has 0 spiro atoms. The van der Waals surface area contributed by atoms with E-state index in [9.17, 15) is 9.59 Å². The molecule has 0 radical (unpaired) electrons. The summed E-state index contributed by atoms with van der Waals surface area (Å²) in [6.45, 7) is 2.45. The first-order valence-corrected chi connectivity index (χ1v) is 6.51. The number of carbonyl (C=O) groups excluding carboxylic acids is 2. The Labute approximate surface area is 117 Å². The minimum atomic E-state index is -0.590. The van der Waals surface area contributed by atoms with Crippen LogP contribution in [0.3, 0.4) is 0 Å². The Bertz CT molecular complexity index is 546. The van der Waals surface area contributed by atoms with E-state index in [2.05, 4.69) is 4.98 Å². The van der Waals surface area contributed by atoms with E-state index in [0.29, 0.717) is 18.1 Å². The van der Waals surface area contributed by atoms with Crippen LogP contribution in [0.25, 0.3) is 0 Å². The van der Waals surface area contributed by atoms with Gasteiger partial charge >= 0.3 is 0 Å². The van der Waals surface area contributed by atoms with Crippen LogP contribution in [0.4, 0.5) is 11.5 Å². The van der Waals surface area contributed by atoms with Crippen molar-refractivity contribution in [2.24, 2.45) is 17.4 Å². The van der Waals surface area contributed by atoms with Crippen LogP contribution in [0.2, 0.25) is 0 Å². The molecular weight excluding hydrogens is 258 g/mol. The monoisotopic (exact) mass is 277 g/mol. The number of aromatic nitrogens is 1. The summed E-state index contributed by atoms with van der Waals surface area (Å²) in [5.74, 6) is -0.706. The van der Waals surface area contributed by atoms with Crippen LogP contribution in [0.1, 0.15) is 30.1 Å². The smallest absolute Gasteiger partial charge is 0.252 e. The topological polar surface area (TPSA) is 128 Å². The van der Waals surface area contributed by atoms with Gasteiger partial charge < -0.3 is 22.1 Å². The van der Waals surface area contributed by atoms with Gasteiger partial charge in [-0.2, -0.15) is 0 Å². The fourth-order valence-corrected chi connectivity index (χ4v) is 2.52. The van der Waals surface area contributed by atoms with E-state index < -0.39 is 5.91 Å². The van der Waals surface area contributed by atoms with Gasteiger partial charge in [0.15, 0.2) is 0 Å². The molecule has 2 unspecified atom stereocenters. The molecule has 108 valence electrons. The van der Waals surface area contributed by atoms with Gasteiger partial charge in [0.2, 0.25) is 5.91 Å². The molecule has 2 heterocycles. The van der Waals surface area contributed by atoms with E-state index in [-0.39, 0.29) is 23.4 Å². The third kappa shape index (κ3) is 2.66. The number of anilines is 2. The molecule has 1 aliphatic rings. The van der Waals surface area contributed by atoms with Gasteiger partial charge in [-0.3, -0.25) is 9.59 Å². The maximum atomic E-state index is 11.5. The predicted octanol–water partition coefficient (Wildman–Crippen LogP) is -0.147. The number of primary amides is 2. The molecule has 1 aromatic rings. The second kappa shape index (κ2) is 5.36. The average molecular weight is 277 g/mol. The molecule has 0 bridgehead atoms. The van der Waals surface area contributed by atoms with Gasteiger partial charge in [0.25, 0.3) is 5.91 Å². The van der Waals surface area contributed by atoms with E-state index >= 15 is 0 Å². The van der Waals surface area contributed by atoms with Crippen molar-refractivity contribution in [3.8, 4) is 0 Å². The Morgan fingerprint density at radius 3 is 2.65 bits per heavy atom. The molecule has 0 aliphatic carbocycles. The van der Waals surface area contributed by atoms with Crippen molar-refractivity contribution < 1.29 is 9.59 Å². The number of hydrogen-bond donors (Lipinski definition) is 3. The summed E-state index contributed by atoms with van der Waals surface area (Å²) < 4.78 is 0. The first kappa shape index (κ1) is 14.1. The lowest BCUT2D eigenvalue weighted by atomic mass is 9.92. The summed E-state index contributed by atoms with van der Waals surface area (Å²) in [7, 11) is 0. The molecular formula is C13H19N5O2. The van der Waals surface area contributed by atoms with E-state index in [0.717, 1.165) is 12.8 Å². The molecule has 1 fully saturated rings. The van der Waals surface area contributed by atoms with Gasteiger partial charge in [0.05, 0.1) is 23.4 Å². The second-order valence-corrected chi connectivity index (χ2v) is 5.18. The fourth-order valence-electron chi connectivity index (χ4n) is 2.52. The Morgan fingerprint density at radius 1 is 1.35 bits per heavy atom. The highest BCUT2D eigenvalue weighted by Crippen LogP contribution is 2.29. The summed E-state index contributed by atoms with van der Waals surface area (Å²) in [5.41, 5.74) is 17.0. The largest absolute Gasteiger partial charge is 0.397 e. The number of rotatable bonds is 3. The van der Waals surface area contributed by atoms with Crippen molar-refractivity contribution in [1.82, 2.24) is 4.98 Å². The first-order chi connectivity index (χ1) is 9.40. The second-order valence-electron chi connectivity index (χ2n) is 5.18. The molecule has 1 aliphatic heterocycles. The van der Waals surface area contributed by atoms with E-state index in [1.807, 2.05) is 11.8 Å². The molecule has 0 saturated carbocycles. The zero-order chi connectivity index (χ0) is 14.9. The molecule has 1 aromatic heterocycles. The number of amides is 2. The molecule has 2 atom stereocenters. The number of nitrogens with two attached hydrogens (primary N) is 3. The number of nitrogen functional groups attached to an aromatic ring is 1. The lowest BCUT2D eigenvalue weighted by molar-refractivity contribution is -0.122. The predicted molar refractivity (Wildman–Crippen MR) is 75.9 cm³/mol. The lowest BCUT2D eigenvalue weighted by Gasteiger charge is -2.38. The van der Waals surface area contributed by atoms with Crippen molar-refractivity contribution in [3.63, 3.8) is 0 Å². The third-order valence-corrected chi connectivity index (χ3v) is 3.71. The molecule has 7 heteroatoms. The number of pyridine rings is 1. The molecule has 2 amide bonds. The van der Waals surface area contributed by atoms with Crippen LogP contribution in [0, 0.1) is 5.92 Å². The van der Waals surface area contributed by atoms with Crippen molar-refractivity contribution in [2.45, 2.75) is 25.8 Å². The number of carbonyl (C=O) groups is 2. The fraction of sp³-hybridized carbons (Fsp3) is 0.462. The third-order valence-electron chi connectivity index (χ3n) is 3.71. The normalized spacial score (nSPS) is 22.6. The SMILES string of the molecule is CC1CCC(C(N)=O)CN1c1ncc(N)cc1C(N)=O. The molecule has 20 heavy (non-hydrogen) atoms. The van der Waals surface area contributed by atoms with Crippen molar-refractivity contribution in [2.75, 3.05) is 17.2 Å².